The van der Waals surface area contributed by atoms with Crippen LogP contribution in [-0.2, 0) is 4.74 Å². The molecule has 0 aliphatic carbocycles. The van der Waals surface area contributed by atoms with E-state index in [0.717, 1.165) is 5.69 Å². The van der Waals surface area contributed by atoms with Gasteiger partial charge in [-0.05, 0) is 39.0 Å². The Morgan fingerprint density at radius 3 is 2.69 bits per heavy atom. The van der Waals surface area contributed by atoms with Crippen LogP contribution in [0.4, 0.5) is 5.69 Å². The van der Waals surface area contributed by atoms with Gasteiger partial charge in [0.1, 0.15) is 5.60 Å². The van der Waals surface area contributed by atoms with E-state index in [1.807, 2.05) is 26.8 Å². The summed E-state index contributed by atoms with van der Waals surface area (Å²) in [5.41, 5.74) is 6.22. The van der Waals surface area contributed by atoms with Crippen LogP contribution in [-0.4, -0.2) is 18.2 Å². The highest BCUT2D eigenvalue weighted by atomic mass is 16.6. The topological polar surface area (TPSA) is 64.3 Å². The summed E-state index contributed by atoms with van der Waals surface area (Å²) in [6, 6.07) is 7.08. The molecule has 0 saturated carbocycles. The summed E-state index contributed by atoms with van der Waals surface area (Å²) in [4.78, 5) is 11.7. The lowest BCUT2D eigenvalue weighted by atomic mass is 10.1. The van der Waals surface area contributed by atoms with E-state index >= 15 is 0 Å². The Kier molecular flexibility index (Phi) is 3.90. The molecule has 0 aliphatic rings. The van der Waals surface area contributed by atoms with Gasteiger partial charge >= 0.3 is 5.97 Å². The van der Waals surface area contributed by atoms with Gasteiger partial charge in [0, 0.05) is 5.69 Å². The van der Waals surface area contributed by atoms with Crippen LogP contribution in [0, 0.1) is 0 Å². The third kappa shape index (κ3) is 3.90. The standard InChI is InChI=1S/C12H18N2O2/c1-12(2,3)16-11(15)9-5-4-6-10(7-9)14-8-13/h4-7,14H,8,13H2,1-3H3. The second-order valence-electron chi connectivity index (χ2n) is 4.46. The molecule has 0 atom stereocenters. The van der Waals surface area contributed by atoms with Crippen molar-refractivity contribution in [3.05, 3.63) is 29.8 Å². The highest BCUT2D eigenvalue weighted by Gasteiger charge is 2.17. The van der Waals surface area contributed by atoms with Crippen molar-refractivity contribution >= 4 is 11.7 Å². The lowest BCUT2D eigenvalue weighted by Gasteiger charge is -2.19. The zero-order valence-corrected chi connectivity index (χ0v) is 9.91. The van der Waals surface area contributed by atoms with E-state index in [4.69, 9.17) is 10.5 Å². The lowest BCUT2D eigenvalue weighted by molar-refractivity contribution is 0.00696. The second-order valence-corrected chi connectivity index (χ2v) is 4.46. The summed E-state index contributed by atoms with van der Waals surface area (Å²) in [6.45, 7) is 5.85. The van der Waals surface area contributed by atoms with Gasteiger partial charge in [-0.1, -0.05) is 6.07 Å². The van der Waals surface area contributed by atoms with Gasteiger partial charge in [-0.3, -0.25) is 0 Å². The van der Waals surface area contributed by atoms with E-state index in [1.54, 1.807) is 18.2 Å². The highest BCUT2D eigenvalue weighted by molar-refractivity contribution is 5.90. The first kappa shape index (κ1) is 12.5. The van der Waals surface area contributed by atoms with Crippen molar-refractivity contribution in [2.24, 2.45) is 5.73 Å². The van der Waals surface area contributed by atoms with Gasteiger partial charge in [0.15, 0.2) is 0 Å². The predicted molar refractivity (Wildman–Crippen MR) is 64.3 cm³/mol. The van der Waals surface area contributed by atoms with E-state index in [9.17, 15) is 4.79 Å². The van der Waals surface area contributed by atoms with Crippen molar-refractivity contribution in [2.45, 2.75) is 26.4 Å². The second kappa shape index (κ2) is 4.99. The van der Waals surface area contributed by atoms with Crippen LogP contribution in [0.1, 0.15) is 31.1 Å². The highest BCUT2D eigenvalue weighted by Crippen LogP contribution is 2.15. The maximum Gasteiger partial charge on any atom is 0.338 e. The first-order chi connectivity index (χ1) is 7.42. The molecule has 16 heavy (non-hydrogen) atoms. The molecule has 0 amide bonds. The molecule has 0 radical (unpaired) electrons. The molecule has 88 valence electrons. The van der Waals surface area contributed by atoms with Crippen molar-refractivity contribution < 1.29 is 9.53 Å². The molecule has 4 nitrogen and oxygen atoms in total. The maximum absolute atomic E-state index is 11.7. The SMILES string of the molecule is CC(C)(C)OC(=O)c1cccc(NCN)c1. The molecule has 0 spiro atoms. The molecular weight excluding hydrogens is 204 g/mol. The van der Waals surface area contributed by atoms with E-state index in [2.05, 4.69) is 5.32 Å². The van der Waals surface area contributed by atoms with E-state index in [0.29, 0.717) is 12.2 Å². The van der Waals surface area contributed by atoms with Crippen LogP contribution in [0.15, 0.2) is 24.3 Å². The Balaban J connectivity index is 2.79. The van der Waals surface area contributed by atoms with Gasteiger partial charge in [0.25, 0.3) is 0 Å². The quantitative estimate of drug-likeness (QED) is 0.606. The minimum atomic E-state index is -0.478. The minimum Gasteiger partial charge on any atom is -0.456 e. The zero-order valence-electron chi connectivity index (χ0n) is 9.91. The first-order valence-corrected chi connectivity index (χ1v) is 5.20. The van der Waals surface area contributed by atoms with Crippen LogP contribution in [0.5, 0.6) is 0 Å². The molecule has 3 N–H and O–H groups in total. The molecular formula is C12H18N2O2. The molecule has 1 rings (SSSR count). The average molecular weight is 222 g/mol. The Morgan fingerprint density at radius 1 is 1.44 bits per heavy atom. The van der Waals surface area contributed by atoms with Gasteiger partial charge in [-0.2, -0.15) is 0 Å². The lowest BCUT2D eigenvalue weighted by Crippen LogP contribution is -2.24. The van der Waals surface area contributed by atoms with Crippen molar-refractivity contribution in [1.29, 1.82) is 0 Å². The predicted octanol–water partition coefficient (Wildman–Crippen LogP) is 1.97. The van der Waals surface area contributed by atoms with Crippen molar-refractivity contribution in [2.75, 3.05) is 12.0 Å². The monoisotopic (exact) mass is 222 g/mol. The summed E-state index contributed by atoms with van der Waals surface area (Å²) >= 11 is 0. The summed E-state index contributed by atoms with van der Waals surface area (Å²) in [7, 11) is 0. The normalized spacial score (nSPS) is 11.0. The summed E-state index contributed by atoms with van der Waals surface area (Å²) < 4.78 is 5.26. The third-order valence-corrected chi connectivity index (χ3v) is 1.80. The van der Waals surface area contributed by atoms with E-state index < -0.39 is 5.60 Å². The van der Waals surface area contributed by atoms with Crippen LogP contribution in [0.2, 0.25) is 0 Å². The number of anilines is 1. The molecule has 0 heterocycles. The number of nitrogens with two attached hydrogens (primary N) is 1. The zero-order chi connectivity index (χ0) is 12.2. The molecule has 1 aromatic carbocycles. The number of hydrogen-bond donors (Lipinski definition) is 2. The summed E-state index contributed by atoms with van der Waals surface area (Å²) in [5.74, 6) is -0.326. The number of ether oxygens (including phenoxy) is 1. The number of carbonyl (C=O) groups is 1. The summed E-state index contributed by atoms with van der Waals surface area (Å²) in [5, 5.41) is 2.94. The molecule has 0 unspecified atom stereocenters. The Labute approximate surface area is 95.8 Å². The number of nitrogens with one attached hydrogen (secondary N) is 1. The molecule has 0 aromatic heterocycles. The van der Waals surface area contributed by atoms with Crippen LogP contribution >= 0.6 is 0 Å². The molecule has 0 saturated heterocycles. The molecule has 4 heteroatoms. The fourth-order valence-corrected chi connectivity index (χ4v) is 1.21. The van der Waals surface area contributed by atoms with Gasteiger partial charge < -0.3 is 15.8 Å². The fraction of sp³-hybridized carbons (Fsp3) is 0.417. The van der Waals surface area contributed by atoms with Crippen molar-refractivity contribution in [3.8, 4) is 0 Å². The number of rotatable bonds is 3. The Bertz CT molecular complexity index is 370. The van der Waals surface area contributed by atoms with Crippen LogP contribution in [0.3, 0.4) is 0 Å². The number of benzene rings is 1. The van der Waals surface area contributed by atoms with Crippen molar-refractivity contribution in [3.63, 3.8) is 0 Å². The molecule has 1 aromatic rings. The van der Waals surface area contributed by atoms with E-state index in [1.165, 1.54) is 0 Å². The largest absolute Gasteiger partial charge is 0.456 e. The van der Waals surface area contributed by atoms with Crippen LogP contribution in [0.25, 0.3) is 0 Å². The first-order valence-electron chi connectivity index (χ1n) is 5.20. The number of esters is 1. The number of hydrogen-bond acceptors (Lipinski definition) is 4. The molecule has 0 bridgehead atoms. The van der Waals surface area contributed by atoms with Gasteiger partial charge in [0.05, 0.1) is 12.2 Å². The number of carbonyl (C=O) groups excluding carboxylic acids is 1. The van der Waals surface area contributed by atoms with Crippen molar-refractivity contribution in [1.82, 2.24) is 0 Å². The van der Waals surface area contributed by atoms with Crippen LogP contribution < -0.4 is 11.1 Å². The van der Waals surface area contributed by atoms with Gasteiger partial charge in [0.2, 0.25) is 0 Å². The fourth-order valence-electron chi connectivity index (χ4n) is 1.21. The molecule has 0 aliphatic heterocycles. The van der Waals surface area contributed by atoms with E-state index in [-0.39, 0.29) is 5.97 Å². The van der Waals surface area contributed by atoms with Gasteiger partial charge in [-0.25, -0.2) is 4.79 Å². The average Bonchev–Trinajstić information content (AvgIpc) is 2.16. The smallest absolute Gasteiger partial charge is 0.338 e. The van der Waals surface area contributed by atoms with Gasteiger partial charge in [-0.15, -0.1) is 0 Å². The summed E-state index contributed by atoms with van der Waals surface area (Å²) in [6.07, 6.45) is 0. The minimum absolute atomic E-state index is 0.326. The Hall–Kier alpha value is -1.55. The third-order valence-electron chi connectivity index (χ3n) is 1.80. The molecule has 0 fully saturated rings. The Morgan fingerprint density at radius 2 is 2.12 bits per heavy atom. The maximum atomic E-state index is 11.7.